The summed E-state index contributed by atoms with van der Waals surface area (Å²) in [4.78, 5) is 24.8. The van der Waals surface area contributed by atoms with Gasteiger partial charge in [0.15, 0.2) is 11.6 Å². The molecule has 18 heavy (non-hydrogen) atoms. The van der Waals surface area contributed by atoms with Crippen molar-refractivity contribution in [1.82, 2.24) is 0 Å². The molecular formula is C15H9IO2. The fraction of sp³-hybridized carbons (Fsp3) is 0.0667. The lowest BCUT2D eigenvalue weighted by Gasteiger charge is -2.19. The largest absolute Gasteiger partial charge is 0.289 e. The average molecular weight is 348 g/mol. The molecule has 1 aliphatic carbocycles. The van der Waals surface area contributed by atoms with Crippen LogP contribution in [0.3, 0.4) is 0 Å². The van der Waals surface area contributed by atoms with E-state index < -0.39 is 0 Å². The maximum absolute atomic E-state index is 12.5. The van der Waals surface area contributed by atoms with E-state index in [0.717, 1.165) is 9.13 Å². The Labute approximate surface area is 118 Å². The molecule has 0 unspecified atom stereocenters. The monoisotopic (exact) mass is 348 g/mol. The molecule has 0 N–H and O–H groups in total. The number of aryl methyl sites for hydroxylation is 1. The van der Waals surface area contributed by atoms with Crippen molar-refractivity contribution >= 4 is 34.2 Å². The van der Waals surface area contributed by atoms with Crippen LogP contribution < -0.4 is 0 Å². The Bertz CT molecular complexity index is 702. The number of carbonyl (C=O) groups is 2. The van der Waals surface area contributed by atoms with Crippen molar-refractivity contribution < 1.29 is 9.59 Å². The average Bonchev–Trinajstić information content (AvgIpc) is 2.39. The van der Waals surface area contributed by atoms with Crippen molar-refractivity contribution in [2.45, 2.75) is 6.92 Å². The number of hydrogen-bond acceptors (Lipinski definition) is 2. The summed E-state index contributed by atoms with van der Waals surface area (Å²) in [6, 6.07) is 10.6. The van der Waals surface area contributed by atoms with Gasteiger partial charge in [-0.1, -0.05) is 30.3 Å². The smallest absolute Gasteiger partial charge is 0.195 e. The van der Waals surface area contributed by atoms with E-state index in [0.29, 0.717) is 22.3 Å². The van der Waals surface area contributed by atoms with Crippen LogP contribution in [-0.2, 0) is 0 Å². The van der Waals surface area contributed by atoms with Gasteiger partial charge in [0.2, 0.25) is 0 Å². The van der Waals surface area contributed by atoms with Crippen LogP contribution in [0.25, 0.3) is 0 Å². The molecule has 0 radical (unpaired) electrons. The lowest BCUT2D eigenvalue weighted by Crippen LogP contribution is -2.22. The summed E-state index contributed by atoms with van der Waals surface area (Å²) in [5.74, 6) is -0.105. The van der Waals surface area contributed by atoms with Crippen LogP contribution in [0, 0.1) is 10.5 Å². The van der Waals surface area contributed by atoms with Gasteiger partial charge in [0.25, 0.3) is 0 Å². The van der Waals surface area contributed by atoms with Gasteiger partial charge < -0.3 is 0 Å². The first-order valence-corrected chi connectivity index (χ1v) is 6.66. The molecule has 0 aromatic heterocycles. The SMILES string of the molecule is Cc1ccc2c(c1I)C(=O)c1ccccc1C2=O. The van der Waals surface area contributed by atoms with Crippen molar-refractivity contribution in [3.63, 3.8) is 0 Å². The van der Waals surface area contributed by atoms with Gasteiger partial charge in [-0.15, -0.1) is 0 Å². The van der Waals surface area contributed by atoms with Gasteiger partial charge in [0.1, 0.15) is 0 Å². The number of benzene rings is 2. The minimum absolute atomic E-state index is 0.0479. The number of carbonyl (C=O) groups excluding carboxylic acids is 2. The third-order valence-corrected chi connectivity index (χ3v) is 4.61. The lowest BCUT2D eigenvalue weighted by atomic mass is 9.83. The van der Waals surface area contributed by atoms with E-state index >= 15 is 0 Å². The Morgan fingerprint density at radius 1 is 0.833 bits per heavy atom. The van der Waals surface area contributed by atoms with Crippen molar-refractivity contribution in [1.29, 1.82) is 0 Å². The maximum Gasteiger partial charge on any atom is 0.195 e. The molecule has 2 aromatic rings. The molecule has 2 nitrogen and oxygen atoms in total. The predicted molar refractivity (Wildman–Crippen MR) is 77.2 cm³/mol. The summed E-state index contributed by atoms with van der Waals surface area (Å²) in [6.45, 7) is 1.94. The molecule has 3 rings (SSSR count). The van der Waals surface area contributed by atoms with E-state index in [1.54, 1.807) is 30.3 Å². The highest BCUT2D eigenvalue weighted by molar-refractivity contribution is 14.1. The molecular weight excluding hydrogens is 339 g/mol. The quantitative estimate of drug-likeness (QED) is 0.584. The zero-order valence-electron chi connectivity index (χ0n) is 9.66. The van der Waals surface area contributed by atoms with Crippen LogP contribution in [0.2, 0.25) is 0 Å². The zero-order chi connectivity index (χ0) is 12.9. The van der Waals surface area contributed by atoms with Crippen LogP contribution in [0.1, 0.15) is 37.4 Å². The topological polar surface area (TPSA) is 34.1 Å². The zero-order valence-corrected chi connectivity index (χ0v) is 11.8. The molecule has 88 valence electrons. The highest BCUT2D eigenvalue weighted by Gasteiger charge is 2.31. The minimum atomic E-state index is -0.0573. The summed E-state index contributed by atoms with van der Waals surface area (Å²) >= 11 is 2.14. The fourth-order valence-corrected chi connectivity index (χ4v) is 2.97. The van der Waals surface area contributed by atoms with Crippen LogP contribution >= 0.6 is 22.6 Å². The first kappa shape index (κ1) is 11.6. The lowest BCUT2D eigenvalue weighted by molar-refractivity contribution is 0.0978. The van der Waals surface area contributed by atoms with Gasteiger partial charge in [-0.2, -0.15) is 0 Å². The van der Waals surface area contributed by atoms with E-state index in [4.69, 9.17) is 0 Å². The van der Waals surface area contributed by atoms with Gasteiger partial charge in [-0.25, -0.2) is 0 Å². The van der Waals surface area contributed by atoms with E-state index in [2.05, 4.69) is 22.6 Å². The summed E-state index contributed by atoms with van der Waals surface area (Å²) in [5, 5.41) is 0. The van der Waals surface area contributed by atoms with Gasteiger partial charge in [-0.3, -0.25) is 9.59 Å². The first-order valence-electron chi connectivity index (χ1n) is 5.59. The maximum atomic E-state index is 12.5. The molecule has 0 fully saturated rings. The molecule has 0 bridgehead atoms. The number of hydrogen-bond donors (Lipinski definition) is 0. The number of rotatable bonds is 0. The summed E-state index contributed by atoms with van der Waals surface area (Å²) < 4.78 is 0.873. The van der Waals surface area contributed by atoms with Crippen molar-refractivity contribution in [2.75, 3.05) is 0 Å². The van der Waals surface area contributed by atoms with Gasteiger partial charge in [0.05, 0.1) is 0 Å². The standard InChI is InChI=1S/C15H9IO2/c1-8-6-7-11-12(13(8)16)15(18)10-5-3-2-4-9(10)14(11)17/h2-7H,1H3. The van der Waals surface area contributed by atoms with Crippen molar-refractivity contribution in [3.05, 3.63) is 67.8 Å². The summed E-state index contributed by atoms with van der Waals surface area (Å²) in [7, 11) is 0. The highest BCUT2D eigenvalue weighted by atomic mass is 127. The Morgan fingerprint density at radius 3 is 2.11 bits per heavy atom. The van der Waals surface area contributed by atoms with Crippen LogP contribution in [0.5, 0.6) is 0 Å². The van der Waals surface area contributed by atoms with E-state index in [9.17, 15) is 9.59 Å². The van der Waals surface area contributed by atoms with Crippen molar-refractivity contribution in [3.8, 4) is 0 Å². The molecule has 1 aliphatic rings. The summed E-state index contributed by atoms with van der Waals surface area (Å²) in [5.41, 5.74) is 3.12. The van der Waals surface area contributed by atoms with Gasteiger partial charge >= 0.3 is 0 Å². The van der Waals surface area contributed by atoms with Crippen LogP contribution in [0.4, 0.5) is 0 Å². The van der Waals surface area contributed by atoms with Gasteiger partial charge in [-0.05, 0) is 41.1 Å². The predicted octanol–water partition coefficient (Wildman–Crippen LogP) is 3.38. The normalized spacial score (nSPS) is 13.2. The van der Waals surface area contributed by atoms with E-state index in [-0.39, 0.29) is 11.6 Å². The second-order valence-corrected chi connectivity index (χ2v) is 5.40. The number of fused-ring (bicyclic) bond motifs is 2. The molecule has 0 spiro atoms. The molecule has 0 saturated heterocycles. The molecule has 0 saturated carbocycles. The molecule has 0 heterocycles. The fourth-order valence-electron chi connectivity index (χ4n) is 2.25. The van der Waals surface area contributed by atoms with E-state index in [1.807, 2.05) is 13.0 Å². The molecule has 3 heteroatoms. The number of ketones is 2. The minimum Gasteiger partial charge on any atom is -0.289 e. The summed E-state index contributed by atoms with van der Waals surface area (Å²) in [6.07, 6.45) is 0. The molecule has 0 amide bonds. The number of halogens is 1. The molecule has 2 aromatic carbocycles. The van der Waals surface area contributed by atoms with Crippen LogP contribution in [-0.4, -0.2) is 11.6 Å². The third-order valence-electron chi connectivity index (χ3n) is 3.22. The first-order chi connectivity index (χ1) is 8.61. The second kappa shape index (κ2) is 4.02. The Balaban J connectivity index is 2.38. The highest BCUT2D eigenvalue weighted by Crippen LogP contribution is 2.31. The van der Waals surface area contributed by atoms with Crippen LogP contribution in [0.15, 0.2) is 36.4 Å². The van der Waals surface area contributed by atoms with Crippen molar-refractivity contribution in [2.24, 2.45) is 0 Å². The second-order valence-electron chi connectivity index (χ2n) is 4.32. The Kier molecular flexibility index (Phi) is 2.59. The Morgan fingerprint density at radius 2 is 1.44 bits per heavy atom. The molecule has 0 atom stereocenters. The third kappa shape index (κ3) is 1.47. The van der Waals surface area contributed by atoms with E-state index in [1.165, 1.54) is 0 Å². The Hall–Kier alpha value is -1.49. The van der Waals surface area contributed by atoms with Gasteiger partial charge in [0, 0.05) is 25.8 Å². The molecule has 0 aliphatic heterocycles.